The summed E-state index contributed by atoms with van der Waals surface area (Å²) in [4.78, 5) is 5.07. The normalized spacial score (nSPS) is 9.64. The van der Waals surface area contributed by atoms with E-state index in [9.17, 15) is 0 Å². The topological polar surface area (TPSA) is 22.1 Å². The van der Waals surface area contributed by atoms with Gasteiger partial charge in [-0.25, -0.2) is 4.98 Å². The maximum Gasteiger partial charge on any atom is 0.213 e. The molecule has 0 amide bonds. The average molecular weight is 187 g/mol. The van der Waals surface area contributed by atoms with Crippen LogP contribution in [0.3, 0.4) is 0 Å². The molecule has 0 aliphatic carbocycles. The Morgan fingerprint density at radius 1 is 1.64 bits per heavy atom. The van der Waals surface area contributed by atoms with Gasteiger partial charge >= 0.3 is 0 Å². The fraction of sp³-hybridized carbons (Fsp3) is 0.286. The average Bonchev–Trinajstić information content (AvgIpc) is 2.07. The second-order valence-corrected chi connectivity index (χ2v) is 3.06. The van der Waals surface area contributed by atoms with Gasteiger partial charge in [-0.2, -0.15) is 0 Å². The summed E-state index contributed by atoms with van der Waals surface area (Å²) in [6, 6.07) is 3.76. The number of hydrogen-bond donors (Lipinski definition) is 1. The van der Waals surface area contributed by atoms with E-state index in [0.717, 1.165) is 4.90 Å². The van der Waals surface area contributed by atoms with Crippen molar-refractivity contribution in [3.63, 3.8) is 0 Å². The molecule has 11 heavy (non-hydrogen) atoms. The Hall–Kier alpha value is -0.350. The van der Waals surface area contributed by atoms with Crippen molar-refractivity contribution in [3.8, 4) is 5.88 Å². The lowest BCUT2D eigenvalue weighted by Crippen LogP contribution is -1.92. The van der Waals surface area contributed by atoms with E-state index >= 15 is 0 Å². The minimum atomic E-state index is 0.653. The van der Waals surface area contributed by atoms with Crippen LogP contribution in [0.5, 0.6) is 5.88 Å². The SMILES string of the molecule is CCOc1ccc(SS)cn1. The van der Waals surface area contributed by atoms with Crippen LogP contribution in [-0.2, 0) is 0 Å². The molecule has 0 bridgehead atoms. The molecule has 0 aliphatic heterocycles. The number of pyridine rings is 1. The first-order chi connectivity index (χ1) is 5.36. The molecule has 1 heterocycles. The van der Waals surface area contributed by atoms with Crippen molar-refractivity contribution in [1.29, 1.82) is 0 Å². The maximum absolute atomic E-state index is 5.16. The highest BCUT2D eigenvalue weighted by atomic mass is 33.1. The van der Waals surface area contributed by atoms with Crippen molar-refractivity contribution in [2.75, 3.05) is 6.61 Å². The van der Waals surface area contributed by atoms with Gasteiger partial charge in [0.25, 0.3) is 0 Å². The van der Waals surface area contributed by atoms with Crippen LogP contribution < -0.4 is 4.74 Å². The first kappa shape index (κ1) is 8.74. The summed E-state index contributed by atoms with van der Waals surface area (Å²) < 4.78 is 5.16. The first-order valence-corrected chi connectivity index (χ1v) is 5.14. The van der Waals surface area contributed by atoms with Crippen LogP contribution in [0.4, 0.5) is 0 Å². The third kappa shape index (κ3) is 2.63. The molecule has 0 N–H and O–H groups in total. The molecule has 60 valence electrons. The molecule has 1 aromatic heterocycles. The maximum atomic E-state index is 5.16. The smallest absolute Gasteiger partial charge is 0.213 e. The molecule has 0 atom stereocenters. The predicted molar refractivity (Wildman–Crippen MR) is 50.2 cm³/mol. The van der Waals surface area contributed by atoms with Crippen LogP contribution in [0.25, 0.3) is 0 Å². The van der Waals surface area contributed by atoms with Gasteiger partial charge in [0.1, 0.15) is 0 Å². The first-order valence-electron chi connectivity index (χ1n) is 3.27. The van der Waals surface area contributed by atoms with Crippen molar-refractivity contribution < 1.29 is 4.74 Å². The molecule has 0 aliphatic rings. The van der Waals surface area contributed by atoms with Crippen LogP contribution in [0.2, 0.25) is 0 Å². The zero-order chi connectivity index (χ0) is 8.10. The van der Waals surface area contributed by atoms with E-state index in [1.54, 1.807) is 6.20 Å². The zero-order valence-corrected chi connectivity index (χ0v) is 7.86. The van der Waals surface area contributed by atoms with Crippen molar-refractivity contribution in [3.05, 3.63) is 18.3 Å². The van der Waals surface area contributed by atoms with Gasteiger partial charge in [-0.05, 0) is 13.0 Å². The van der Waals surface area contributed by atoms with Crippen molar-refractivity contribution >= 4 is 22.5 Å². The summed E-state index contributed by atoms with van der Waals surface area (Å²) in [5.41, 5.74) is 0. The van der Waals surface area contributed by atoms with E-state index in [1.807, 2.05) is 19.1 Å². The molecule has 2 nitrogen and oxygen atoms in total. The fourth-order valence-electron chi connectivity index (χ4n) is 0.654. The zero-order valence-electron chi connectivity index (χ0n) is 6.15. The van der Waals surface area contributed by atoms with Crippen molar-refractivity contribution in [2.24, 2.45) is 0 Å². The lowest BCUT2D eigenvalue weighted by atomic mass is 10.5. The highest BCUT2D eigenvalue weighted by molar-refractivity contribution is 8.68. The third-order valence-corrected chi connectivity index (χ3v) is 2.19. The Labute approximate surface area is 75.2 Å². The Morgan fingerprint density at radius 3 is 2.91 bits per heavy atom. The molecule has 0 saturated heterocycles. The van der Waals surface area contributed by atoms with Crippen molar-refractivity contribution in [1.82, 2.24) is 4.98 Å². The molecule has 0 fully saturated rings. The van der Waals surface area contributed by atoms with Gasteiger partial charge in [0.2, 0.25) is 5.88 Å². The van der Waals surface area contributed by atoms with Crippen LogP contribution in [0.1, 0.15) is 6.92 Å². The minimum Gasteiger partial charge on any atom is -0.478 e. The van der Waals surface area contributed by atoms with Crippen LogP contribution in [-0.4, -0.2) is 11.6 Å². The van der Waals surface area contributed by atoms with E-state index in [-0.39, 0.29) is 0 Å². The van der Waals surface area contributed by atoms with Crippen LogP contribution in [0, 0.1) is 0 Å². The molecule has 0 saturated carbocycles. The molecular formula is C7H9NOS2. The summed E-state index contributed by atoms with van der Waals surface area (Å²) in [5.74, 6) is 0.665. The van der Waals surface area contributed by atoms with Gasteiger partial charge in [0.05, 0.1) is 6.61 Å². The second kappa shape index (κ2) is 4.51. The van der Waals surface area contributed by atoms with E-state index < -0.39 is 0 Å². The highest BCUT2D eigenvalue weighted by Gasteiger charge is 1.93. The minimum absolute atomic E-state index is 0.653. The van der Waals surface area contributed by atoms with E-state index in [0.29, 0.717) is 12.5 Å². The Balaban J connectivity index is 2.66. The Kier molecular flexibility index (Phi) is 3.59. The molecule has 0 spiro atoms. The standard InChI is InChI=1S/C7H9NOS2/c1-2-9-7-4-3-6(11-10)5-8-7/h3-5,10H,2H2,1H3. The molecule has 0 aromatic carbocycles. The van der Waals surface area contributed by atoms with Gasteiger partial charge in [0.15, 0.2) is 0 Å². The summed E-state index contributed by atoms with van der Waals surface area (Å²) in [6.07, 6.45) is 1.74. The number of thiol groups is 1. The summed E-state index contributed by atoms with van der Waals surface area (Å²) >= 11 is 4.03. The third-order valence-electron chi connectivity index (χ3n) is 1.11. The molecular weight excluding hydrogens is 178 g/mol. The number of hydrogen-bond acceptors (Lipinski definition) is 4. The lowest BCUT2D eigenvalue weighted by Gasteiger charge is -2.00. The van der Waals surface area contributed by atoms with Gasteiger partial charge in [-0.3, -0.25) is 0 Å². The predicted octanol–water partition coefficient (Wildman–Crippen LogP) is 2.42. The van der Waals surface area contributed by atoms with Gasteiger partial charge in [-0.15, -0.1) is 11.7 Å². The lowest BCUT2D eigenvalue weighted by molar-refractivity contribution is 0.326. The van der Waals surface area contributed by atoms with Gasteiger partial charge in [-0.1, -0.05) is 10.8 Å². The molecule has 1 rings (SSSR count). The number of rotatable bonds is 3. The molecule has 4 heteroatoms. The largest absolute Gasteiger partial charge is 0.478 e. The quantitative estimate of drug-likeness (QED) is 0.580. The number of ether oxygens (including phenoxy) is 1. The number of nitrogens with zero attached hydrogens (tertiary/aromatic N) is 1. The molecule has 1 aromatic rings. The van der Waals surface area contributed by atoms with E-state index in [1.165, 1.54) is 10.8 Å². The van der Waals surface area contributed by atoms with E-state index in [4.69, 9.17) is 4.74 Å². The van der Waals surface area contributed by atoms with E-state index in [2.05, 4.69) is 16.6 Å². The van der Waals surface area contributed by atoms with Crippen molar-refractivity contribution in [2.45, 2.75) is 11.8 Å². The second-order valence-electron chi connectivity index (χ2n) is 1.86. The Morgan fingerprint density at radius 2 is 2.45 bits per heavy atom. The fourth-order valence-corrected chi connectivity index (χ4v) is 1.21. The summed E-state index contributed by atoms with van der Waals surface area (Å²) in [5, 5.41) is 0. The summed E-state index contributed by atoms with van der Waals surface area (Å²) in [7, 11) is 1.37. The number of aromatic nitrogens is 1. The van der Waals surface area contributed by atoms with Crippen LogP contribution >= 0.6 is 22.5 Å². The Bertz CT molecular complexity index is 212. The van der Waals surface area contributed by atoms with Gasteiger partial charge in [0, 0.05) is 17.2 Å². The van der Waals surface area contributed by atoms with Crippen LogP contribution in [0.15, 0.2) is 23.2 Å². The molecule has 0 unspecified atom stereocenters. The monoisotopic (exact) mass is 187 g/mol. The summed E-state index contributed by atoms with van der Waals surface area (Å²) in [6.45, 7) is 2.59. The highest BCUT2D eigenvalue weighted by Crippen LogP contribution is 2.21. The molecule has 0 radical (unpaired) electrons. The van der Waals surface area contributed by atoms with Gasteiger partial charge < -0.3 is 4.74 Å².